The van der Waals surface area contributed by atoms with Crippen LogP contribution in [0.2, 0.25) is 0 Å². The van der Waals surface area contributed by atoms with Gasteiger partial charge in [-0.25, -0.2) is 15.0 Å². The van der Waals surface area contributed by atoms with Gasteiger partial charge in [0.2, 0.25) is 0 Å². The summed E-state index contributed by atoms with van der Waals surface area (Å²) in [6, 6.07) is 10.9. The zero-order chi connectivity index (χ0) is 28.4. The van der Waals surface area contributed by atoms with E-state index in [2.05, 4.69) is 47.4 Å². The first-order valence-electron chi connectivity index (χ1n) is 13.6. The van der Waals surface area contributed by atoms with Crippen LogP contribution in [0.5, 0.6) is 0 Å². The van der Waals surface area contributed by atoms with Crippen molar-refractivity contribution < 1.29 is 9.59 Å². The molecule has 0 aliphatic heterocycles. The van der Waals surface area contributed by atoms with Crippen molar-refractivity contribution in [2.75, 3.05) is 17.6 Å². The van der Waals surface area contributed by atoms with Gasteiger partial charge in [0.05, 0.1) is 10.9 Å². The molecule has 1 aromatic carbocycles. The molecule has 0 spiro atoms. The van der Waals surface area contributed by atoms with Crippen molar-refractivity contribution in [3.8, 4) is 0 Å². The summed E-state index contributed by atoms with van der Waals surface area (Å²) in [5.74, 6) is 0.00496. The molecule has 9 nitrogen and oxygen atoms in total. The molecule has 2 atom stereocenters. The van der Waals surface area contributed by atoms with E-state index in [4.69, 9.17) is 16.5 Å². The van der Waals surface area contributed by atoms with Gasteiger partial charge < -0.3 is 22.1 Å². The molecule has 208 valence electrons. The van der Waals surface area contributed by atoms with Gasteiger partial charge in [0.25, 0.3) is 11.8 Å². The Morgan fingerprint density at radius 3 is 2.70 bits per heavy atom. The summed E-state index contributed by atoms with van der Waals surface area (Å²) in [6.45, 7) is 7.16. The fourth-order valence-corrected chi connectivity index (χ4v) is 6.18. The molecule has 0 unspecified atom stereocenters. The van der Waals surface area contributed by atoms with Crippen molar-refractivity contribution in [2.45, 2.75) is 52.5 Å². The molecule has 3 aromatic heterocycles. The number of aromatic nitrogens is 3. The van der Waals surface area contributed by atoms with E-state index in [1.54, 1.807) is 18.2 Å². The van der Waals surface area contributed by atoms with E-state index in [1.807, 2.05) is 12.1 Å². The lowest BCUT2D eigenvalue weighted by molar-refractivity contribution is 0.0941. The number of anilines is 2. The second-order valence-corrected chi connectivity index (χ2v) is 12.0. The Morgan fingerprint density at radius 1 is 1.15 bits per heavy atom. The molecule has 1 aliphatic rings. The molecular weight excluding hydrogens is 522 g/mol. The van der Waals surface area contributed by atoms with Crippen LogP contribution in [0.15, 0.2) is 48.8 Å². The zero-order valence-electron chi connectivity index (χ0n) is 23.0. The number of benzene rings is 1. The average Bonchev–Trinajstić information content (AvgIpc) is 3.37. The number of nitrogens with two attached hydrogens (primary N) is 2. The lowest BCUT2D eigenvalue weighted by atomic mass is 9.69. The maximum atomic E-state index is 13.3. The highest BCUT2D eigenvalue weighted by atomic mass is 32.1. The van der Waals surface area contributed by atoms with Crippen LogP contribution < -0.4 is 22.1 Å². The molecule has 1 aliphatic carbocycles. The smallest absolute Gasteiger partial charge is 0.278 e. The minimum Gasteiger partial charge on any atom is -0.382 e. The van der Waals surface area contributed by atoms with E-state index in [-0.39, 0.29) is 24.0 Å². The van der Waals surface area contributed by atoms with Crippen LogP contribution in [0.25, 0.3) is 10.2 Å². The lowest BCUT2D eigenvalue weighted by Crippen LogP contribution is -2.33. The zero-order valence-corrected chi connectivity index (χ0v) is 23.8. The van der Waals surface area contributed by atoms with E-state index < -0.39 is 11.9 Å². The number of nitrogen functional groups attached to an aromatic ring is 1. The summed E-state index contributed by atoms with van der Waals surface area (Å²) in [4.78, 5) is 40.2. The van der Waals surface area contributed by atoms with Gasteiger partial charge in [0.15, 0.2) is 11.5 Å². The topological polar surface area (TPSA) is 149 Å². The Kier molecular flexibility index (Phi) is 7.82. The molecule has 10 heteroatoms. The third kappa shape index (κ3) is 5.68. The van der Waals surface area contributed by atoms with Crippen LogP contribution in [0, 0.1) is 11.3 Å². The summed E-state index contributed by atoms with van der Waals surface area (Å²) in [7, 11) is 0. The van der Waals surface area contributed by atoms with Crippen molar-refractivity contribution in [3.63, 3.8) is 0 Å². The summed E-state index contributed by atoms with van der Waals surface area (Å²) >= 11 is 1.40. The van der Waals surface area contributed by atoms with Crippen LogP contribution in [-0.2, 0) is 12.8 Å². The number of nitrogens with zero attached hydrogens (tertiary/aromatic N) is 3. The Morgan fingerprint density at radius 2 is 1.95 bits per heavy atom. The third-order valence-corrected chi connectivity index (χ3v) is 9.19. The lowest BCUT2D eigenvalue weighted by Gasteiger charge is -2.36. The number of thiophene rings is 1. The van der Waals surface area contributed by atoms with Gasteiger partial charge in [-0.1, -0.05) is 39.3 Å². The summed E-state index contributed by atoms with van der Waals surface area (Å²) in [5.41, 5.74) is 15.9. The third-order valence-electron chi connectivity index (χ3n) is 8.14. The Bertz CT molecular complexity index is 1560. The van der Waals surface area contributed by atoms with E-state index >= 15 is 0 Å². The number of amides is 2. The fourth-order valence-electron chi connectivity index (χ4n) is 5.25. The van der Waals surface area contributed by atoms with E-state index in [1.165, 1.54) is 29.3 Å². The molecular formula is C30H35N7O2S. The highest BCUT2D eigenvalue weighted by molar-refractivity contribution is 7.20. The molecule has 2 amide bonds. The van der Waals surface area contributed by atoms with Gasteiger partial charge in [-0.2, -0.15) is 0 Å². The summed E-state index contributed by atoms with van der Waals surface area (Å²) in [5, 5.41) is 6.83. The summed E-state index contributed by atoms with van der Waals surface area (Å²) in [6.07, 6.45) is 7.14. The summed E-state index contributed by atoms with van der Waals surface area (Å²) < 4.78 is 0. The quantitative estimate of drug-likeness (QED) is 0.241. The molecule has 4 aromatic rings. The van der Waals surface area contributed by atoms with E-state index in [0.29, 0.717) is 21.9 Å². The van der Waals surface area contributed by atoms with E-state index in [0.717, 1.165) is 47.2 Å². The number of carbonyl (C=O) groups is 2. The number of rotatable bonds is 8. The number of carbonyl (C=O) groups excluding carboxylic acids is 2. The number of nitrogens with one attached hydrogen (secondary N) is 2. The first-order chi connectivity index (χ1) is 19.2. The molecule has 0 saturated heterocycles. The molecule has 0 fully saturated rings. The normalized spacial score (nSPS) is 15.8. The second-order valence-electron chi connectivity index (χ2n) is 11.0. The maximum Gasteiger partial charge on any atom is 0.278 e. The van der Waals surface area contributed by atoms with Gasteiger partial charge in [0, 0.05) is 35.7 Å². The van der Waals surface area contributed by atoms with Crippen LogP contribution in [0.1, 0.15) is 76.6 Å². The predicted octanol–water partition coefficient (Wildman–Crippen LogP) is 4.89. The first kappa shape index (κ1) is 27.7. The van der Waals surface area contributed by atoms with Crippen LogP contribution >= 0.6 is 11.3 Å². The van der Waals surface area contributed by atoms with Gasteiger partial charge in [0.1, 0.15) is 4.83 Å². The number of aryl methyl sites for hydroxylation is 1. The highest BCUT2D eigenvalue weighted by Crippen LogP contribution is 2.40. The number of hydrogen-bond donors (Lipinski definition) is 4. The van der Waals surface area contributed by atoms with Crippen molar-refractivity contribution in [1.82, 2.24) is 20.3 Å². The van der Waals surface area contributed by atoms with Gasteiger partial charge in [-0.15, -0.1) is 11.3 Å². The number of pyridine rings is 1. The molecule has 3 heterocycles. The van der Waals surface area contributed by atoms with E-state index in [9.17, 15) is 9.59 Å². The minimum absolute atomic E-state index is 0.0428. The van der Waals surface area contributed by atoms with Crippen LogP contribution in [0.3, 0.4) is 0 Å². The molecule has 0 saturated carbocycles. The number of hydrogen-bond acceptors (Lipinski definition) is 8. The van der Waals surface area contributed by atoms with Crippen molar-refractivity contribution >= 4 is 44.9 Å². The molecule has 0 radical (unpaired) electrons. The predicted molar refractivity (Wildman–Crippen MR) is 159 cm³/mol. The molecule has 40 heavy (non-hydrogen) atoms. The Hall–Kier alpha value is -3.89. The fraction of sp³-hybridized carbons (Fsp3) is 0.367. The molecule has 6 N–H and O–H groups in total. The monoisotopic (exact) mass is 557 g/mol. The van der Waals surface area contributed by atoms with Crippen molar-refractivity contribution in [2.24, 2.45) is 17.1 Å². The maximum absolute atomic E-state index is 13.3. The standard InChI is InChI=1S/C30H35N7O2S/c1-4-30(2,3)20-8-9-22-18(13-20)12-19-15-24(40-29(19)37-22)27(38)36-23(16-31)17-6-5-7-21(14-17)35-28(39)25-26(32)34-11-10-33-25/h5-7,10-12,14-15,20,23H,4,8-9,13,16,31H2,1-3H3,(H2,32,34)(H,35,39)(H,36,38)/t20-,23-/m1/s1. The van der Waals surface area contributed by atoms with Gasteiger partial charge in [-0.05, 0) is 66.0 Å². The largest absolute Gasteiger partial charge is 0.382 e. The highest BCUT2D eigenvalue weighted by Gasteiger charge is 2.32. The average molecular weight is 558 g/mol. The van der Waals surface area contributed by atoms with Crippen LogP contribution in [0.4, 0.5) is 11.5 Å². The van der Waals surface area contributed by atoms with Crippen molar-refractivity contribution in [1.29, 1.82) is 0 Å². The number of fused-ring (bicyclic) bond motifs is 2. The molecule has 0 bridgehead atoms. The van der Waals surface area contributed by atoms with Gasteiger partial charge >= 0.3 is 0 Å². The molecule has 5 rings (SSSR count). The Balaban J connectivity index is 1.31. The second kappa shape index (κ2) is 11.3. The van der Waals surface area contributed by atoms with Crippen molar-refractivity contribution in [3.05, 3.63) is 76.2 Å². The van der Waals surface area contributed by atoms with Gasteiger partial charge in [-0.3, -0.25) is 9.59 Å². The first-order valence-corrected chi connectivity index (χ1v) is 14.4. The minimum atomic E-state index is -0.471. The van der Waals surface area contributed by atoms with Crippen LogP contribution in [-0.4, -0.2) is 33.3 Å². The SMILES string of the molecule is CCC(C)(C)[C@@H]1CCc2nc3sc(C(=O)N[C@H](CN)c4cccc(NC(=O)c5nccnc5N)c4)cc3cc2C1. The Labute approximate surface area is 237 Å².